The minimum atomic E-state index is -0.300. The molecule has 2 aromatic carbocycles. The van der Waals surface area contributed by atoms with E-state index in [4.69, 9.17) is 21.2 Å². The van der Waals surface area contributed by atoms with E-state index in [9.17, 15) is 9.18 Å². The molecule has 0 aliphatic carbocycles. The van der Waals surface area contributed by atoms with Crippen LogP contribution in [0.3, 0.4) is 0 Å². The first kappa shape index (κ1) is 22.3. The van der Waals surface area contributed by atoms with E-state index in [1.807, 2.05) is 13.0 Å². The number of ether oxygens (including phenoxy) is 1. The van der Waals surface area contributed by atoms with Crippen molar-refractivity contribution in [1.29, 1.82) is 0 Å². The number of pyridine rings is 1. The first-order chi connectivity index (χ1) is 15.9. The van der Waals surface area contributed by atoms with Crippen molar-refractivity contribution in [2.45, 2.75) is 26.2 Å². The Labute approximate surface area is 192 Å². The molecule has 1 aliphatic rings. The van der Waals surface area contributed by atoms with Gasteiger partial charge >= 0.3 is 0 Å². The second kappa shape index (κ2) is 9.32. The van der Waals surface area contributed by atoms with Gasteiger partial charge in [0.25, 0.3) is 5.91 Å². The highest BCUT2D eigenvalue weighted by atomic mass is 19.1. The average Bonchev–Trinajstić information content (AvgIpc) is 3.19. The number of carbonyl (C=O) groups is 1. The van der Waals surface area contributed by atoms with Crippen LogP contribution in [0.1, 0.15) is 46.9 Å². The van der Waals surface area contributed by atoms with Crippen molar-refractivity contribution in [3.63, 3.8) is 0 Å². The fraction of sp³-hybridized carbons (Fsp3) is 0.231. The number of allylic oxidation sites excluding steroid dienone is 1. The summed E-state index contributed by atoms with van der Waals surface area (Å²) in [5.41, 5.74) is 17.6. The number of halogens is 1. The summed E-state index contributed by atoms with van der Waals surface area (Å²) in [7, 11) is 0. The lowest BCUT2D eigenvalue weighted by atomic mass is 9.99. The third kappa shape index (κ3) is 4.67. The van der Waals surface area contributed by atoms with Gasteiger partial charge in [-0.1, -0.05) is 6.92 Å². The van der Waals surface area contributed by atoms with E-state index in [0.29, 0.717) is 36.5 Å². The van der Waals surface area contributed by atoms with Crippen molar-refractivity contribution in [2.75, 3.05) is 18.9 Å². The summed E-state index contributed by atoms with van der Waals surface area (Å²) in [6, 6.07) is 13.4. The Morgan fingerprint density at radius 3 is 2.73 bits per heavy atom. The van der Waals surface area contributed by atoms with E-state index >= 15 is 0 Å². The normalized spacial score (nSPS) is 15.1. The second-order valence-electron chi connectivity index (χ2n) is 8.26. The van der Waals surface area contributed by atoms with Crippen LogP contribution in [-0.4, -0.2) is 24.0 Å². The summed E-state index contributed by atoms with van der Waals surface area (Å²) in [5.74, 6) is 0.492. The minimum absolute atomic E-state index is 0.197. The molecule has 0 spiro atoms. The Morgan fingerprint density at radius 1 is 1.24 bits per heavy atom. The van der Waals surface area contributed by atoms with Gasteiger partial charge in [-0.05, 0) is 67.2 Å². The number of hydrogen-bond acceptors (Lipinski definition) is 5. The molecule has 7 heteroatoms. The number of hydrogen-bond donors (Lipinski definition) is 3. The molecule has 5 N–H and O–H groups in total. The lowest BCUT2D eigenvalue weighted by Gasteiger charge is -2.12. The number of nitrogens with zero attached hydrogens (tertiary/aromatic N) is 1. The molecule has 0 bridgehead atoms. The van der Waals surface area contributed by atoms with Crippen molar-refractivity contribution in [3.8, 4) is 17.0 Å². The van der Waals surface area contributed by atoms with Crippen molar-refractivity contribution < 1.29 is 13.9 Å². The molecule has 1 unspecified atom stereocenters. The molecular weight excluding hydrogens is 419 g/mol. The van der Waals surface area contributed by atoms with Gasteiger partial charge in [-0.15, -0.1) is 0 Å². The number of anilines is 1. The van der Waals surface area contributed by atoms with Crippen LogP contribution in [-0.2, 0) is 6.42 Å². The van der Waals surface area contributed by atoms with Gasteiger partial charge in [0.05, 0.1) is 6.61 Å². The van der Waals surface area contributed by atoms with Gasteiger partial charge in [0.1, 0.15) is 17.3 Å². The fourth-order valence-corrected chi connectivity index (χ4v) is 3.89. The molecule has 0 radical (unpaired) electrons. The van der Waals surface area contributed by atoms with Crippen LogP contribution in [0.4, 0.5) is 10.1 Å². The van der Waals surface area contributed by atoms with Crippen LogP contribution in [0.2, 0.25) is 0 Å². The molecule has 1 aliphatic heterocycles. The van der Waals surface area contributed by atoms with Crippen molar-refractivity contribution in [3.05, 3.63) is 82.9 Å². The van der Waals surface area contributed by atoms with Crippen LogP contribution in [0.15, 0.2) is 54.7 Å². The van der Waals surface area contributed by atoms with E-state index < -0.39 is 0 Å². The summed E-state index contributed by atoms with van der Waals surface area (Å²) < 4.78 is 19.3. The Kier molecular flexibility index (Phi) is 6.31. The molecular formula is C26H27FN4O2. The maximum absolute atomic E-state index is 13.4. The monoisotopic (exact) mass is 446 g/mol. The number of fused-ring (bicyclic) bond motifs is 1. The van der Waals surface area contributed by atoms with E-state index in [2.05, 4.69) is 12.2 Å². The lowest BCUT2D eigenvalue weighted by Crippen LogP contribution is -2.26. The maximum atomic E-state index is 13.4. The number of rotatable bonds is 6. The van der Waals surface area contributed by atoms with Crippen molar-refractivity contribution >= 4 is 17.2 Å². The standard InChI is InChI=1S/C26H27FN4O2/c1-15(13-28)21-11-18(5-8-23(21)29)26(32)30-10-9-20-12-22-16(2)14-33-25(22)24(31-20)17-3-6-19(27)7-4-17/h3-8,11-13,16H,9-10,14,28-29H2,1-2H3,(H,30,32)/b15-13-. The molecule has 3 aromatic rings. The Morgan fingerprint density at radius 2 is 2.00 bits per heavy atom. The largest absolute Gasteiger partial charge is 0.490 e. The van der Waals surface area contributed by atoms with Gasteiger partial charge in [-0.2, -0.15) is 0 Å². The first-order valence-electron chi connectivity index (χ1n) is 10.9. The second-order valence-corrected chi connectivity index (χ2v) is 8.26. The van der Waals surface area contributed by atoms with Crippen LogP contribution >= 0.6 is 0 Å². The quantitative estimate of drug-likeness (QED) is 0.491. The van der Waals surface area contributed by atoms with E-state index in [1.165, 1.54) is 18.3 Å². The number of amides is 1. The molecule has 33 heavy (non-hydrogen) atoms. The Bertz CT molecular complexity index is 1220. The van der Waals surface area contributed by atoms with E-state index in [-0.39, 0.29) is 17.6 Å². The molecule has 6 nitrogen and oxygen atoms in total. The summed E-state index contributed by atoms with van der Waals surface area (Å²) in [6.07, 6.45) is 2.01. The Balaban J connectivity index is 1.51. The summed E-state index contributed by atoms with van der Waals surface area (Å²) >= 11 is 0. The summed E-state index contributed by atoms with van der Waals surface area (Å²) in [4.78, 5) is 17.5. The number of carbonyl (C=O) groups excluding carboxylic acids is 1. The highest BCUT2D eigenvalue weighted by Crippen LogP contribution is 2.41. The maximum Gasteiger partial charge on any atom is 0.251 e. The average molecular weight is 447 g/mol. The first-order valence-corrected chi connectivity index (χ1v) is 10.9. The van der Waals surface area contributed by atoms with E-state index in [0.717, 1.165) is 33.7 Å². The topological polar surface area (TPSA) is 103 Å². The van der Waals surface area contributed by atoms with Crippen LogP contribution in [0.5, 0.6) is 5.75 Å². The zero-order valence-corrected chi connectivity index (χ0v) is 18.7. The fourth-order valence-electron chi connectivity index (χ4n) is 3.89. The molecule has 1 aromatic heterocycles. The van der Waals surface area contributed by atoms with Crippen molar-refractivity contribution in [2.24, 2.45) is 5.73 Å². The van der Waals surface area contributed by atoms with Gasteiger partial charge in [0.2, 0.25) is 0 Å². The van der Waals surface area contributed by atoms with Gasteiger partial charge in [0, 0.05) is 52.5 Å². The SMILES string of the molecule is C/C(=C/N)c1cc(C(=O)NCCc2cc3c(c(-c4ccc(F)cc4)n2)OCC3C)ccc1N. The zero-order chi connectivity index (χ0) is 23.5. The predicted molar refractivity (Wildman–Crippen MR) is 128 cm³/mol. The number of nitrogen functional groups attached to an aromatic ring is 1. The van der Waals surface area contributed by atoms with Gasteiger partial charge in [-0.25, -0.2) is 9.37 Å². The molecule has 0 saturated heterocycles. The van der Waals surface area contributed by atoms with Crippen LogP contribution in [0.25, 0.3) is 16.8 Å². The summed E-state index contributed by atoms with van der Waals surface area (Å²) in [6.45, 7) is 4.94. The molecule has 4 rings (SSSR count). The van der Waals surface area contributed by atoms with Crippen LogP contribution in [0, 0.1) is 5.82 Å². The highest BCUT2D eigenvalue weighted by Gasteiger charge is 2.26. The van der Waals surface area contributed by atoms with Gasteiger partial charge in [0.15, 0.2) is 0 Å². The minimum Gasteiger partial charge on any atom is -0.490 e. The van der Waals surface area contributed by atoms with Crippen LogP contribution < -0.4 is 21.5 Å². The van der Waals surface area contributed by atoms with Crippen molar-refractivity contribution in [1.82, 2.24) is 10.3 Å². The van der Waals surface area contributed by atoms with Gasteiger partial charge < -0.3 is 21.5 Å². The molecule has 1 amide bonds. The summed E-state index contributed by atoms with van der Waals surface area (Å²) in [5, 5.41) is 2.95. The number of benzene rings is 2. The predicted octanol–water partition coefficient (Wildman–Crippen LogP) is 4.26. The number of aromatic nitrogens is 1. The highest BCUT2D eigenvalue weighted by molar-refractivity contribution is 5.96. The molecule has 0 saturated carbocycles. The Hall–Kier alpha value is -3.87. The third-order valence-corrected chi connectivity index (χ3v) is 5.84. The smallest absolute Gasteiger partial charge is 0.251 e. The zero-order valence-electron chi connectivity index (χ0n) is 18.7. The number of nitrogens with one attached hydrogen (secondary N) is 1. The van der Waals surface area contributed by atoms with E-state index in [1.54, 1.807) is 30.3 Å². The van der Waals surface area contributed by atoms with Gasteiger partial charge in [-0.3, -0.25) is 4.79 Å². The molecule has 0 fully saturated rings. The molecule has 2 heterocycles. The third-order valence-electron chi connectivity index (χ3n) is 5.84. The lowest BCUT2D eigenvalue weighted by molar-refractivity contribution is 0.0954. The number of nitrogens with two attached hydrogens (primary N) is 2. The molecule has 1 atom stereocenters. The molecule has 170 valence electrons.